The van der Waals surface area contributed by atoms with Gasteiger partial charge in [0.15, 0.2) is 5.75 Å². The molecule has 2 heterocycles. The number of nitrogens with zero attached hydrogens (tertiary/aromatic N) is 1. The van der Waals surface area contributed by atoms with Gasteiger partial charge in [0.25, 0.3) is 0 Å². The molecule has 0 unspecified atom stereocenters. The van der Waals surface area contributed by atoms with Crippen LogP contribution in [0.1, 0.15) is 39.0 Å². The predicted molar refractivity (Wildman–Crippen MR) is 150 cm³/mol. The molecule has 6 heteroatoms. The molecule has 0 atom stereocenters. The number of hydrogen-bond donors (Lipinski definition) is 0. The predicted octanol–water partition coefficient (Wildman–Crippen LogP) is 7.93. The van der Waals surface area contributed by atoms with Crippen molar-refractivity contribution in [2.75, 3.05) is 26.2 Å². The van der Waals surface area contributed by atoms with Crippen molar-refractivity contribution in [1.82, 2.24) is 4.90 Å². The molecule has 0 amide bonds. The number of carbonyl (C=O) groups excluding carboxylic acids is 1. The van der Waals surface area contributed by atoms with Crippen LogP contribution in [0.15, 0.2) is 72.8 Å². The summed E-state index contributed by atoms with van der Waals surface area (Å²) in [5, 5.41) is 0.987. The van der Waals surface area contributed by atoms with Crippen molar-refractivity contribution >= 4 is 27.4 Å². The molecular weight excluding hydrogens is 482 g/mol. The van der Waals surface area contributed by atoms with Crippen LogP contribution in [0, 0.1) is 0 Å². The Morgan fingerprint density at radius 3 is 2.38 bits per heavy atom. The van der Waals surface area contributed by atoms with E-state index in [1.807, 2.05) is 67.6 Å². The van der Waals surface area contributed by atoms with Gasteiger partial charge in [-0.25, -0.2) is 0 Å². The number of fused-ring (bicyclic) bond motifs is 1. The number of likely N-dealkylation sites (tertiary alicyclic amines) is 1. The number of carbonyl (C=O) groups is 1. The second-order valence-corrected chi connectivity index (χ2v) is 10.4. The van der Waals surface area contributed by atoms with Crippen molar-refractivity contribution in [3.05, 3.63) is 72.8 Å². The third-order valence-electron chi connectivity index (χ3n) is 6.51. The SMILES string of the molecule is CCCC(=O)Oc1ccc2c(Oc3ccc(OCCN4CCCCC4)cc3)c(-c3ccccc3)sc2c1. The zero-order valence-corrected chi connectivity index (χ0v) is 22.1. The van der Waals surface area contributed by atoms with Crippen molar-refractivity contribution in [1.29, 1.82) is 0 Å². The molecule has 0 aliphatic carbocycles. The van der Waals surface area contributed by atoms with Gasteiger partial charge in [-0.1, -0.05) is 43.7 Å². The highest BCUT2D eigenvalue weighted by atomic mass is 32.1. The van der Waals surface area contributed by atoms with Gasteiger partial charge in [0.05, 0.1) is 4.88 Å². The summed E-state index contributed by atoms with van der Waals surface area (Å²) in [6, 6.07) is 23.8. The highest BCUT2D eigenvalue weighted by molar-refractivity contribution is 7.22. The molecule has 0 saturated carbocycles. The zero-order valence-electron chi connectivity index (χ0n) is 21.3. The molecule has 5 rings (SSSR count). The van der Waals surface area contributed by atoms with Crippen LogP contribution in [0.5, 0.6) is 23.0 Å². The Morgan fingerprint density at radius 2 is 1.62 bits per heavy atom. The molecule has 1 saturated heterocycles. The fourth-order valence-corrected chi connectivity index (χ4v) is 5.75. The van der Waals surface area contributed by atoms with E-state index < -0.39 is 0 Å². The Balaban J connectivity index is 1.34. The van der Waals surface area contributed by atoms with E-state index in [0.717, 1.165) is 50.7 Å². The molecule has 1 fully saturated rings. The monoisotopic (exact) mass is 515 g/mol. The summed E-state index contributed by atoms with van der Waals surface area (Å²) in [4.78, 5) is 15.5. The lowest BCUT2D eigenvalue weighted by Crippen LogP contribution is -2.33. The molecule has 1 aliphatic rings. The van der Waals surface area contributed by atoms with Gasteiger partial charge < -0.3 is 14.2 Å². The number of rotatable bonds is 10. The second-order valence-electron chi connectivity index (χ2n) is 9.33. The largest absolute Gasteiger partial charge is 0.492 e. The number of thiophene rings is 1. The highest BCUT2D eigenvalue weighted by Crippen LogP contribution is 2.47. The average Bonchev–Trinajstić information content (AvgIpc) is 3.28. The van der Waals surface area contributed by atoms with Gasteiger partial charge in [-0.3, -0.25) is 9.69 Å². The van der Waals surface area contributed by atoms with Crippen molar-refractivity contribution in [2.24, 2.45) is 0 Å². The molecule has 192 valence electrons. The van der Waals surface area contributed by atoms with E-state index in [1.165, 1.54) is 32.4 Å². The minimum absolute atomic E-state index is 0.212. The molecule has 3 aromatic carbocycles. The highest BCUT2D eigenvalue weighted by Gasteiger charge is 2.18. The number of ether oxygens (including phenoxy) is 3. The van der Waals surface area contributed by atoms with Crippen molar-refractivity contribution in [2.45, 2.75) is 39.0 Å². The first-order chi connectivity index (χ1) is 18.2. The number of benzene rings is 3. The summed E-state index contributed by atoms with van der Waals surface area (Å²) < 4.78 is 19.0. The lowest BCUT2D eigenvalue weighted by atomic mass is 10.1. The van der Waals surface area contributed by atoms with E-state index in [2.05, 4.69) is 17.0 Å². The Labute approximate surface area is 222 Å². The van der Waals surface area contributed by atoms with Crippen LogP contribution >= 0.6 is 11.3 Å². The van der Waals surface area contributed by atoms with Gasteiger partial charge in [-0.2, -0.15) is 0 Å². The van der Waals surface area contributed by atoms with Gasteiger partial charge in [-0.15, -0.1) is 11.3 Å². The van der Waals surface area contributed by atoms with E-state index in [-0.39, 0.29) is 5.97 Å². The van der Waals surface area contributed by atoms with E-state index in [9.17, 15) is 4.79 Å². The maximum Gasteiger partial charge on any atom is 0.311 e. The van der Waals surface area contributed by atoms with Crippen LogP contribution in [0.25, 0.3) is 20.5 Å². The van der Waals surface area contributed by atoms with Gasteiger partial charge in [0, 0.05) is 23.1 Å². The molecule has 0 spiro atoms. The molecule has 0 bridgehead atoms. The Morgan fingerprint density at radius 1 is 0.892 bits per heavy atom. The minimum atomic E-state index is -0.212. The van der Waals surface area contributed by atoms with E-state index in [4.69, 9.17) is 14.2 Å². The standard InChI is InChI=1S/C31H33NO4S/c1-2-9-29(33)35-26-16-17-27-28(22-26)37-31(23-10-5-3-6-11-23)30(27)36-25-14-12-24(13-15-25)34-21-20-32-18-7-4-8-19-32/h3,5-6,10-17,22H,2,4,7-9,18-21H2,1H3. The van der Waals surface area contributed by atoms with Crippen molar-refractivity contribution in [3.8, 4) is 33.4 Å². The second kappa shape index (κ2) is 12.3. The van der Waals surface area contributed by atoms with E-state index in [1.54, 1.807) is 11.3 Å². The normalized spacial score (nSPS) is 14.0. The topological polar surface area (TPSA) is 48.0 Å². The summed E-state index contributed by atoms with van der Waals surface area (Å²) >= 11 is 1.63. The van der Waals surface area contributed by atoms with Gasteiger partial charge in [0.2, 0.25) is 0 Å². The Hall–Kier alpha value is -3.35. The quantitative estimate of drug-likeness (QED) is 0.159. The molecule has 4 aromatic rings. The zero-order chi connectivity index (χ0) is 25.5. The fourth-order valence-electron chi connectivity index (χ4n) is 4.58. The lowest BCUT2D eigenvalue weighted by molar-refractivity contribution is -0.134. The Kier molecular flexibility index (Phi) is 8.39. The number of hydrogen-bond acceptors (Lipinski definition) is 6. The van der Waals surface area contributed by atoms with Crippen molar-refractivity contribution in [3.63, 3.8) is 0 Å². The van der Waals surface area contributed by atoms with Crippen LogP contribution in [0.4, 0.5) is 0 Å². The molecule has 0 N–H and O–H groups in total. The summed E-state index contributed by atoms with van der Waals surface area (Å²) in [6.45, 7) is 5.98. The Bertz CT molecular complexity index is 1310. The van der Waals surface area contributed by atoms with Crippen LogP contribution in [-0.2, 0) is 4.79 Å². The number of esters is 1. The molecule has 37 heavy (non-hydrogen) atoms. The maximum atomic E-state index is 12.0. The van der Waals surface area contributed by atoms with E-state index >= 15 is 0 Å². The summed E-state index contributed by atoms with van der Waals surface area (Å²) in [5.41, 5.74) is 1.08. The van der Waals surface area contributed by atoms with E-state index in [0.29, 0.717) is 18.8 Å². The first kappa shape index (κ1) is 25.3. The fraction of sp³-hybridized carbons (Fsp3) is 0.323. The van der Waals surface area contributed by atoms with Crippen molar-refractivity contribution < 1.29 is 19.0 Å². The van der Waals surface area contributed by atoms with Crippen LogP contribution in [0.2, 0.25) is 0 Å². The molecule has 0 radical (unpaired) electrons. The van der Waals surface area contributed by atoms with Gasteiger partial charge >= 0.3 is 5.97 Å². The van der Waals surface area contributed by atoms with Crippen LogP contribution in [-0.4, -0.2) is 37.1 Å². The summed E-state index contributed by atoms with van der Waals surface area (Å²) in [6.07, 6.45) is 5.10. The minimum Gasteiger partial charge on any atom is -0.492 e. The van der Waals surface area contributed by atoms with Crippen LogP contribution < -0.4 is 14.2 Å². The molecule has 1 aromatic heterocycles. The smallest absolute Gasteiger partial charge is 0.311 e. The first-order valence-electron chi connectivity index (χ1n) is 13.2. The molecule has 1 aliphatic heterocycles. The lowest BCUT2D eigenvalue weighted by Gasteiger charge is -2.26. The van der Waals surface area contributed by atoms with Crippen LogP contribution in [0.3, 0.4) is 0 Å². The first-order valence-corrected chi connectivity index (χ1v) is 14.0. The third-order valence-corrected chi connectivity index (χ3v) is 7.69. The van der Waals surface area contributed by atoms with Gasteiger partial charge in [0.1, 0.15) is 23.9 Å². The third kappa shape index (κ3) is 6.51. The summed E-state index contributed by atoms with van der Waals surface area (Å²) in [7, 11) is 0. The molecule has 5 nitrogen and oxygen atoms in total. The average molecular weight is 516 g/mol. The summed E-state index contributed by atoms with van der Waals surface area (Å²) in [5.74, 6) is 2.75. The molecular formula is C31H33NO4S. The maximum absolute atomic E-state index is 12.0. The van der Waals surface area contributed by atoms with Gasteiger partial charge in [-0.05, 0) is 80.4 Å². The number of piperidine rings is 1.